The predicted molar refractivity (Wildman–Crippen MR) is 53.0 cm³/mol. The van der Waals surface area contributed by atoms with Gasteiger partial charge in [0.05, 0.1) is 25.4 Å². The number of carbonyl (C=O) groups is 1. The number of carbonyl (C=O) groups excluding carboxylic acids is 1. The van der Waals surface area contributed by atoms with Crippen molar-refractivity contribution in [3.63, 3.8) is 0 Å². The van der Waals surface area contributed by atoms with E-state index in [1.54, 1.807) is 0 Å². The van der Waals surface area contributed by atoms with Gasteiger partial charge >= 0.3 is 12.1 Å². The van der Waals surface area contributed by atoms with Crippen LogP contribution in [0.1, 0.15) is 12.5 Å². The van der Waals surface area contributed by atoms with Crippen molar-refractivity contribution in [3.05, 3.63) is 29.6 Å². The van der Waals surface area contributed by atoms with Crippen molar-refractivity contribution in [2.24, 2.45) is 0 Å². The van der Waals surface area contributed by atoms with Crippen molar-refractivity contribution in [1.82, 2.24) is 9.78 Å². The molecule has 17 heavy (non-hydrogen) atoms. The third-order valence-corrected chi connectivity index (χ3v) is 2.05. The van der Waals surface area contributed by atoms with E-state index in [4.69, 9.17) is 0 Å². The van der Waals surface area contributed by atoms with Gasteiger partial charge < -0.3 is 4.74 Å². The molecule has 0 amide bonds. The molecule has 0 aliphatic heterocycles. The summed E-state index contributed by atoms with van der Waals surface area (Å²) in [7, 11) is 1.23. The number of allylic oxidation sites excluding steroid dienone is 1. The van der Waals surface area contributed by atoms with Crippen molar-refractivity contribution in [2.45, 2.75) is 19.6 Å². The highest BCUT2D eigenvalue weighted by Crippen LogP contribution is 2.28. The van der Waals surface area contributed by atoms with Crippen molar-refractivity contribution in [1.29, 1.82) is 0 Å². The van der Waals surface area contributed by atoms with Gasteiger partial charge in [-0.3, -0.25) is 4.68 Å². The highest BCUT2D eigenvalue weighted by Gasteiger charge is 2.31. The Balaban J connectivity index is 2.71. The number of halogens is 3. The number of hydrogen-bond acceptors (Lipinski definition) is 3. The third kappa shape index (κ3) is 3.61. The van der Waals surface area contributed by atoms with E-state index in [0.717, 1.165) is 17.1 Å². The maximum Gasteiger partial charge on any atom is 0.419 e. The first kappa shape index (κ1) is 13.3. The Morgan fingerprint density at radius 1 is 1.59 bits per heavy atom. The van der Waals surface area contributed by atoms with Gasteiger partial charge in [-0.25, -0.2) is 4.79 Å². The minimum atomic E-state index is -4.40. The van der Waals surface area contributed by atoms with E-state index >= 15 is 0 Å². The molecule has 0 aliphatic carbocycles. The lowest BCUT2D eigenvalue weighted by Gasteiger charge is -2.01. The number of rotatable bonds is 3. The first-order valence-corrected chi connectivity index (χ1v) is 4.69. The molecule has 0 N–H and O–H groups in total. The van der Waals surface area contributed by atoms with Crippen LogP contribution in [0.3, 0.4) is 0 Å². The molecule has 94 valence electrons. The monoisotopic (exact) mass is 248 g/mol. The average molecular weight is 248 g/mol. The Hall–Kier alpha value is -1.79. The smallest absolute Gasteiger partial charge is 0.419 e. The van der Waals surface area contributed by atoms with Gasteiger partial charge in [0.1, 0.15) is 0 Å². The summed E-state index contributed by atoms with van der Waals surface area (Å²) in [6.45, 7) is 1.59. The summed E-state index contributed by atoms with van der Waals surface area (Å²) < 4.78 is 42.3. The zero-order valence-corrected chi connectivity index (χ0v) is 9.28. The van der Waals surface area contributed by atoms with Gasteiger partial charge in [-0.05, 0) is 6.92 Å². The average Bonchev–Trinajstić information content (AvgIpc) is 2.72. The second kappa shape index (κ2) is 5.03. The quantitative estimate of drug-likeness (QED) is 0.607. The molecular formula is C10H11F3N2O2. The summed E-state index contributed by atoms with van der Waals surface area (Å²) in [4.78, 5) is 11.0. The molecule has 4 nitrogen and oxygen atoms in total. The first-order valence-electron chi connectivity index (χ1n) is 4.69. The topological polar surface area (TPSA) is 44.1 Å². The molecule has 0 aliphatic rings. The standard InChI is InChI=1S/C10H11F3N2O2/c1-7(9(16)17-2)3-4-15-6-8(5-14-15)10(11,12)13/h3,5-6H,4H2,1-2H3. The van der Waals surface area contributed by atoms with Gasteiger partial charge in [0.15, 0.2) is 0 Å². The van der Waals surface area contributed by atoms with E-state index in [1.807, 2.05) is 0 Å². The number of esters is 1. The molecule has 0 fully saturated rings. The predicted octanol–water partition coefficient (Wildman–Crippen LogP) is 2.02. The van der Waals surface area contributed by atoms with Crippen LogP contribution in [-0.2, 0) is 22.3 Å². The van der Waals surface area contributed by atoms with Crippen LogP contribution in [0.15, 0.2) is 24.0 Å². The normalized spacial score (nSPS) is 12.6. The van der Waals surface area contributed by atoms with Gasteiger partial charge in [0, 0.05) is 11.8 Å². The molecule has 1 rings (SSSR count). The SMILES string of the molecule is COC(=O)C(C)=CCn1cc(C(F)(F)F)cn1. The van der Waals surface area contributed by atoms with Crippen LogP contribution in [0.4, 0.5) is 13.2 Å². The molecule has 0 atom stereocenters. The van der Waals surface area contributed by atoms with Crippen LogP contribution in [0.25, 0.3) is 0 Å². The van der Waals surface area contributed by atoms with Crippen LogP contribution in [0.5, 0.6) is 0 Å². The summed E-state index contributed by atoms with van der Waals surface area (Å²) in [6.07, 6.45) is -1.35. The van der Waals surface area contributed by atoms with Crippen molar-refractivity contribution < 1.29 is 22.7 Å². The molecule has 1 heterocycles. The lowest BCUT2D eigenvalue weighted by atomic mass is 10.3. The molecular weight excluding hydrogens is 237 g/mol. The van der Waals surface area contributed by atoms with Gasteiger partial charge in [0.25, 0.3) is 0 Å². The Labute approximate surface area is 95.7 Å². The van der Waals surface area contributed by atoms with Crippen LogP contribution >= 0.6 is 0 Å². The highest BCUT2D eigenvalue weighted by atomic mass is 19.4. The lowest BCUT2D eigenvalue weighted by Crippen LogP contribution is -2.05. The molecule has 0 spiro atoms. The van der Waals surface area contributed by atoms with Crippen LogP contribution in [0, 0.1) is 0 Å². The number of ether oxygens (including phenoxy) is 1. The van der Waals surface area contributed by atoms with Crippen LogP contribution in [0.2, 0.25) is 0 Å². The lowest BCUT2D eigenvalue weighted by molar-refractivity contribution is -0.138. The van der Waals surface area contributed by atoms with E-state index in [2.05, 4.69) is 9.84 Å². The Kier molecular flexibility index (Phi) is 3.93. The fourth-order valence-electron chi connectivity index (χ4n) is 1.08. The minimum absolute atomic E-state index is 0.0804. The van der Waals surface area contributed by atoms with Crippen molar-refractivity contribution in [2.75, 3.05) is 7.11 Å². The summed E-state index contributed by atoms with van der Waals surface area (Å²) in [6, 6.07) is 0. The highest BCUT2D eigenvalue weighted by molar-refractivity contribution is 5.87. The number of alkyl halides is 3. The molecule has 0 unspecified atom stereocenters. The summed E-state index contributed by atoms with van der Waals surface area (Å²) in [5.74, 6) is -0.520. The zero-order valence-electron chi connectivity index (χ0n) is 9.28. The van der Waals surface area contributed by atoms with Crippen molar-refractivity contribution in [3.8, 4) is 0 Å². The van der Waals surface area contributed by atoms with Gasteiger partial charge in [-0.15, -0.1) is 0 Å². The summed E-state index contributed by atoms with van der Waals surface area (Å²) in [5, 5.41) is 3.54. The maximum absolute atomic E-state index is 12.2. The maximum atomic E-state index is 12.2. The van der Waals surface area contributed by atoms with Crippen molar-refractivity contribution >= 4 is 5.97 Å². The Morgan fingerprint density at radius 2 is 2.24 bits per heavy atom. The minimum Gasteiger partial charge on any atom is -0.466 e. The van der Waals surface area contributed by atoms with Gasteiger partial charge in [-0.2, -0.15) is 18.3 Å². The van der Waals surface area contributed by atoms with E-state index in [0.29, 0.717) is 5.57 Å². The fourth-order valence-corrected chi connectivity index (χ4v) is 1.08. The Bertz CT molecular complexity index is 435. The molecule has 0 bridgehead atoms. The van der Waals surface area contributed by atoms with Gasteiger partial charge in [0.2, 0.25) is 0 Å². The zero-order chi connectivity index (χ0) is 13.1. The number of methoxy groups -OCH3 is 1. The molecule has 0 saturated heterocycles. The molecule has 0 aromatic carbocycles. The van der Waals surface area contributed by atoms with Crippen LogP contribution < -0.4 is 0 Å². The number of aromatic nitrogens is 2. The molecule has 7 heteroatoms. The Morgan fingerprint density at radius 3 is 2.71 bits per heavy atom. The second-order valence-corrected chi connectivity index (χ2v) is 3.33. The molecule has 1 aromatic heterocycles. The second-order valence-electron chi connectivity index (χ2n) is 3.33. The van der Waals surface area contributed by atoms with E-state index in [9.17, 15) is 18.0 Å². The largest absolute Gasteiger partial charge is 0.466 e. The molecule has 1 aromatic rings. The van der Waals surface area contributed by atoms with E-state index < -0.39 is 17.7 Å². The van der Waals surface area contributed by atoms with Gasteiger partial charge in [-0.1, -0.05) is 6.08 Å². The first-order chi connectivity index (χ1) is 7.84. The van der Waals surface area contributed by atoms with Crippen LogP contribution in [-0.4, -0.2) is 22.9 Å². The summed E-state index contributed by atoms with van der Waals surface area (Å²) >= 11 is 0. The van der Waals surface area contributed by atoms with E-state index in [1.165, 1.54) is 20.1 Å². The number of hydrogen-bond donors (Lipinski definition) is 0. The molecule has 0 saturated carbocycles. The third-order valence-electron chi connectivity index (χ3n) is 2.05. The number of nitrogens with zero attached hydrogens (tertiary/aromatic N) is 2. The van der Waals surface area contributed by atoms with E-state index in [-0.39, 0.29) is 6.54 Å². The fraction of sp³-hybridized carbons (Fsp3) is 0.400. The summed E-state index contributed by atoms with van der Waals surface area (Å²) in [5.41, 5.74) is -0.502. The molecule has 0 radical (unpaired) electrons.